The fourth-order valence-electron chi connectivity index (χ4n) is 2.92. The van der Waals surface area contributed by atoms with Gasteiger partial charge in [-0.2, -0.15) is 0 Å². The Bertz CT molecular complexity index is 1150. The molecule has 0 saturated heterocycles. The zero-order valence-electron chi connectivity index (χ0n) is 14.8. The van der Waals surface area contributed by atoms with Crippen molar-refractivity contribution < 1.29 is 9.53 Å². The number of methoxy groups -OCH3 is 1. The van der Waals surface area contributed by atoms with E-state index in [0.717, 1.165) is 11.0 Å². The Hall–Kier alpha value is -3.02. The van der Waals surface area contributed by atoms with E-state index in [9.17, 15) is 4.79 Å². The van der Waals surface area contributed by atoms with E-state index in [1.54, 1.807) is 36.4 Å². The molecular formula is C21H15Cl2N3O2. The summed E-state index contributed by atoms with van der Waals surface area (Å²) in [4.78, 5) is 20.5. The normalized spacial score (nSPS) is 10.8. The molecule has 4 aromatic rings. The van der Waals surface area contributed by atoms with Gasteiger partial charge in [0.05, 0.1) is 28.7 Å². The van der Waals surface area contributed by atoms with E-state index in [1.807, 2.05) is 24.3 Å². The van der Waals surface area contributed by atoms with Gasteiger partial charge in [-0.25, -0.2) is 4.98 Å². The summed E-state index contributed by atoms with van der Waals surface area (Å²) in [6.45, 7) is 0. The van der Waals surface area contributed by atoms with Crippen molar-refractivity contribution >= 4 is 45.8 Å². The smallest absolute Gasteiger partial charge is 0.259 e. The molecule has 2 N–H and O–H groups in total. The van der Waals surface area contributed by atoms with Crippen molar-refractivity contribution in [2.45, 2.75) is 0 Å². The summed E-state index contributed by atoms with van der Waals surface area (Å²) in [6, 6.07) is 17.8. The summed E-state index contributed by atoms with van der Waals surface area (Å²) in [7, 11) is 1.50. The molecule has 5 nitrogen and oxygen atoms in total. The lowest BCUT2D eigenvalue weighted by Gasteiger charge is -2.11. The third-order valence-electron chi connectivity index (χ3n) is 4.27. The third-order valence-corrected chi connectivity index (χ3v) is 4.84. The molecule has 7 heteroatoms. The van der Waals surface area contributed by atoms with Crippen LogP contribution in [0.5, 0.6) is 5.75 Å². The molecule has 1 aromatic heterocycles. The van der Waals surface area contributed by atoms with E-state index in [4.69, 9.17) is 27.9 Å². The minimum atomic E-state index is -0.336. The Morgan fingerprint density at radius 1 is 1.07 bits per heavy atom. The number of para-hydroxylation sites is 2. The second kappa shape index (κ2) is 7.54. The number of carbonyl (C=O) groups excluding carboxylic acids is 1. The highest BCUT2D eigenvalue weighted by molar-refractivity contribution is 6.33. The van der Waals surface area contributed by atoms with Gasteiger partial charge in [0, 0.05) is 16.3 Å². The van der Waals surface area contributed by atoms with Crippen LogP contribution in [-0.4, -0.2) is 23.0 Å². The summed E-state index contributed by atoms with van der Waals surface area (Å²) in [6.07, 6.45) is 0. The van der Waals surface area contributed by atoms with E-state index >= 15 is 0 Å². The van der Waals surface area contributed by atoms with E-state index < -0.39 is 0 Å². The van der Waals surface area contributed by atoms with Gasteiger partial charge < -0.3 is 15.0 Å². The number of H-pyrrole nitrogens is 1. The maximum absolute atomic E-state index is 12.7. The van der Waals surface area contributed by atoms with Crippen LogP contribution in [0, 0.1) is 0 Å². The molecule has 0 fully saturated rings. The molecule has 1 heterocycles. The highest BCUT2D eigenvalue weighted by Crippen LogP contribution is 2.31. The van der Waals surface area contributed by atoms with Crippen molar-refractivity contribution in [1.82, 2.24) is 9.97 Å². The average molecular weight is 412 g/mol. The zero-order valence-corrected chi connectivity index (χ0v) is 16.3. The molecule has 0 spiro atoms. The summed E-state index contributed by atoms with van der Waals surface area (Å²) in [5.41, 5.74) is 3.36. The van der Waals surface area contributed by atoms with Gasteiger partial charge in [-0.05, 0) is 48.5 Å². The fraction of sp³-hybridized carbons (Fsp3) is 0.0476. The second-order valence-electron chi connectivity index (χ2n) is 6.10. The Morgan fingerprint density at radius 2 is 1.89 bits per heavy atom. The molecule has 0 unspecified atom stereocenters. The van der Waals surface area contributed by atoms with Gasteiger partial charge >= 0.3 is 0 Å². The van der Waals surface area contributed by atoms with Gasteiger partial charge in [0.15, 0.2) is 0 Å². The molecule has 28 heavy (non-hydrogen) atoms. The van der Waals surface area contributed by atoms with Gasteiger partial charge in [0.25, 0.3) is 5.91 Å². The number of anilines is 1. The highest BCUT2D eigenvalue weighted by Gasteiger charge is 2.15. The van der Waals surface area contributed by atoms with Gasteiger partial charge in [0.1, 0.15) is 11.6 Å². The first-order valence-electron chi connectivity index (χ1n) is 8.45. The van der Waals surface area contributed by atoms with Crippen LogP contribution in [0.4, 0.5) is 5.69 Å². The van der Waals surface area contributed by atoms with Crippen LogP contribution in [0.2, 0.25) is 10.0 Å². The number of rotatable bonds is 4. The van der Waals surface area contributed by atoms with E-state index in [1.165, 1.54) is 7.11 Å². The number of fused-ring (bicyclic) bond motifs is 1. The van der Waals surface area contributed by atoms with Gasteiger partial charge in [-0.3, -0.25) is 4.79 Å². The predicted octanol–water partition coefficient (Wildman–Crippen LogP) is 5.80. The fourth-order valence-corrected chi connectivity index (χ4v) is 3.30. The van der Waals surface area contributed by atoms with E-state index in [-0.39, 0.29) is 5.91 Å². The lowest BCUT2D eigenvalue weighted by atomic mass is 10.1. The van der Waals surface area contributed by atoms with Crippen LogP contribution in [0.25, 0.3) is 22.4 Å². The molecule has 0 atom stereocenters. The van der Waals surface area contributed by atoms with Crippen molar-refractivity contribution in [3.8, 4) is 17.1 Å². The highest BCUT2D eigenvalue weighted by atomic mass is 35.5. The number of halogens is 2. The van der Waals surface area contributed by atoms with Crippen molar-refractivity contribution in [3.05, 3.63) is 76.3 Å². The number of aromatic amines is 1. The maximum Gasteiger partial charge on any atom is 0.259 e. The summed E-state index contributed by atoms with van der Waals surface area (Å²) in [5, 5.41) is 3.83. The van der Waals surface area contributed by atoms with Crippen molar-refractivity contribution in [2.75, 3.05) is 12.4 Å². The zero-order chi connectivity index (χ0) is 19.7. The lowest BCUT2D eigenvalue weighted by Crippen LogP contribution is -2.13. The molecule has 1 amide bonds. The predicted molar refractivity (Wildman–Crippen MR) is 112 cm³/mol. The molecule has 0 saturated carbocycles. The maximum atomic E-state index is 12.7. The molecular weight excluding hydrogens is 397 g/mol. The molecule has 0 radical (unpaired) electrons. The number of hydrogen-bond acceptors (Lipinski definition) is 3. The number of nitrogens with one attached hydrogen (secondary N) is 2. The number of amides is 1. The first-order valence-corrected chi connectivity index (χ1v) is 9.20. The standard InChI is InChI=1S/C21H15Cl2N3O2/c1-28-19-9-6-12(22)10-15(19)21(27)24-13-7-8-16(23)14(11-13)20-25-17-4-2-3-5-18(17)26-20/h2-11H,1H3,(H,24,27)(H,25,26). The number of carbonyl (C=O) groups is 1. The number of nitrogens with zero attached hydrogens (tertiary/aromatic N) is 1. The van der Waals surface area contributed by atoms with Crippen LogP contribution >= 0.6 is 23.2 Å². The Balaban J connectivity index is 1.67. The van der Waals surface area contributed by atoms with Crippen LogP contribution in [-0.2, 0) is 0 Å². The van der Waals surface area contributed by atoms with Crippen LogP contribution in [0.15, 0.2) is 60.7 Å². The quantitative estimate of drug-likeness (QED) is 0.445. The van der Waals surface area contributed by atoms with Crippen molar-refractivity contribution in [1.29, 1.82) is 0 Å². The average Bonchev–Trinajstić information content (AvgIpc) is 3.13. The minimum absolute atomic E-state index is 0.336. The first kappa shape index (κ1) is 18.3. The van der Waals surface area contributed by atoms with Gasteiger partial charge in [-0.15, -0.1) is 0 Å². The first-order chi connectivity index (χ1) is 13.5. The molecule has 140 valence electrons. The topological polar surface area (TPSA) is 67.0 Å². The minimum Gasteiger partial charge on any atom is -0.496 e. The molecule has 0 aliphatic rings. The second-order valence-corrected chi connectivity index (χ2v) is 6.94. The Morgan fingerprint density at radius 3 is 2.68 bits per heavy atom. The third kappa shape index (κ3) is 3.54. The summed E-state index contributed by atoms with van der Waals surface area (Å²) in [5.74, 6) is 0.730. The number of imidazole rings is 1. The van der Waals surface area contributed by atoms with Crippen LogP contribution in [0.1, 0.15) is 10.4 Å². The SMILES string of the molecule is COc1ccc(Cl)cc1C(=O)Nc1ccc(Cl)c(-c2nc3ccccc3[nH]2)c1. The molecule has 0 aliphatic heterocycles. The largest absolute Gasteiger partial charge is 0.496 e. The molecule has 0 aliphatic carbocycles. The lowest BCUT2D eigenvalue weighted by molar-refractivity contribution is 0.102. The summed E-state index contributed by atoms with van der Waals surface area (Å²) >= 11 is 12.4. The van der Waals surface area contributed by atoms with Crippen molar-refractivity contribution in [3.63, 3.8) is 0 Å². The number of hydrogen-bond donors (Lipinski definition) is 2. The van der Waals surface area contributed by atoms with Crippen molar-refractivity contribution in [2.24, 2.45) is 0 Å². The van der Waals surface area contributed by atoms with E-state index in [2.05, 4.69) is 15.3 Å². The molecule has 0 bridgehead atoms. The number of ether oxygens (including phenoxy) is 1. The Kier molecular flexibility index (Phi) is 4.94. The number of benzene rings is 3. The molecule has 4 rings (SSSR count). The van der Waals surface area contributed by atoms with Gasteiger partial charge in [-0.1, -0.05) is 35.3 Å². The van der Waals surface area contributed by atoms with Crippen LogP contribution in [0.3, 0.4) is 0 Å². The monoisotopic (exact) mass is 411 g/mol. The summed E-state index contributed by atoms with van der Waals surface area (Å²) < 4.78 is 5.25. The molecule has 3 aromatic carbocycles. The Labute approximate surface area is 171 Å². The van der Waals surface area contributed by atoms with Gasteiger partial charge in [0.2, 0.25) is 0 Å². The van der Waals surface area contributed by atoms with Crippen LogP contribution < -0.4 is 10.1 Å². The number of aromatic nitrogens is 2. The van der Waals surface area contributed by atoms with E-state index in [0.29, 0.717) is 38.4 Å².